The van der Waals surface area contributed by atoms with Gasteiger partial charge in [-0.25, -0.2) is 8.42 Å². The van der Waals surface area contributed by atoms with Crippen molar-refractivity contribution in [2.75, 3.05) is 13.2 Å². The molecule has 0 saturated carbocycles. The van der Waals surface area contributed by atoms with Gasteiger partial charge in [-0.2, -0.15) is 13.2 Å². The van der Waals surface area contributed by atoms with E-state index in [-0.39, 0.29) is 12.4 Å². The topological polar surface area (TPSA) is 69.4 Å². The van der Waals surface area contributed by atoms with Gasteiger partial charge in [-0.05, 0) is 25.1 Å². The van der Waals surface area contributed by atoms with E-state index in [0.29, 0.717) is 13.0 Å². The van der Waals surface area contributed by atoms with Crippen LogP contribution in [0, 0.1) is 0 Å². The molecule has 0 spiro atoms. The van der Waals surface area contributed by atoms with E-state index in [0.717, 1.165) is 6.07 Å². The largest absolute Gasteiger partial charge is 0.502 e. The predicted molar refractivity (Wildman–Crippen MR) is 58.8 cm³/mol. The summed E-state index contributed by atoms with van der Waals surface area (Å²) < 4.78 is 64.8. The summed E-state index contributed by atoms with van der Waals surface area (Å²) in [6.07, 6.45) is 0.417. The first kappa shape index (κ1) is 14.8. The zero-order valence-corrected chi connectivity index (χ0v) is 10.1. The van der Waals surface area contributed by atoms with Crippen molar-refractivity contribution in [3.63, 3.8) is 0 Å². The second-order valence-electron chi connectivity index (χ2n) is 3.39. The first-order valence-corrected chi connectivity index (χ1v) is 6.52. The molecule has 4 nitrogen and oxygen atoms in total. The predicted octanol–water partition coefficient (Wildman–Crippen LogP) is 1.71. The zero-order chi connectivity index (χ0) is 13.8. The van der Waals surface area contributed by atoms with Gasteiger partial charge < -0.3 is 10.5 Å². The van der Waals surface area contributed by atoms with Gasteiger partial charge in [0.15, 0.2) is 0 Å². The summed E-state index contributed by atoms with van der Waals surface area (Å²) in [5.74, 6) is -0.316. The molecular formula is C10H12F3NO3S. The van der Waals surface area contributed by atoms with E-state index in [4.69, 9.17) is 10.5 Å². The van der Waals surface area contributed by atoms with Gasteiger partial charge in [0.2, 0.25) is 0 Å². The maximum absolute atomic E-state index is 12.4. The fourth-order valence-electron chi connectivity index (χ4n) is 1.18. The van der Waals surface area contributed by atoms with Gasteiger partial charge in [-0.1, -0.05) is 12.1 Å². The third-order valence-electron chi connectivity index (χ3n) is 2.05. The Morgan fingerprint density at radius 1 is 1.22 bits per heavy atom. The molecule has 1 aromatic carbocycles. The number of ether oxygens (including phenoxy) is 1. The Balaban J connectivity index is 3.10. The van der Waals surface area contributed by atoms with E-state index in [2.05, 4.69) is 0 Å². The maximum Gasteiger partial charge on any atom is 0.502 e. The second-order valence-corrected chi connectivity index (χ2v) is 5.30. The SMILES string of the molecule is NCCCOc1ccccc1S(=O)(=O)C(F)(F)F. The van der Waals surface area contributed by atoms with E-state index in [1.807, 2.05) is 0 Å². The number of benzene rings is 1. The Hall–Kier alpha value is -1.28. The van der Waals surface area contributed by atoms with Crippen LogP contribution in [0.3, 0.4) is 0 Å². The molecule has 2 N–H and O–H groups in total. The fraction of sp³-hybridized carbons (Fsp3) is 0.400. The fourth-order valence-corrected chi connectivity index (χ4v) is 2.08. The van der Waals surface area contributed by atoms with Gasteiger partial charge in [0, 0.05) is 0 Å². The molecule has 18 heavy (non-hydrogen) atoms. The third-order valence-corrected chi connectivity index (χ3v) is 3.58. The second kappa shape index (κ2) is 5.57. The van der Waals surface area contributed by atoms with E-state index < -0.39 is 20.2 Å². The van der Waals surface area contributed by atoms with Crippen LogP contribution in [0.25, 0.3) is 0 Å². The lowest BCUT2D eigenvalue weighted by atomic mass is 10.3. The van der Waals surface area contributed by atoms with Crippen molar-refractivity contribution in [3.8, 4) is 5.75 Å². The van der Waals surface area contributed by atoms with Gasteiger partial charge in [0.05, 0.1) is 6.61 Å². The van der Waals surface area contributed by atoms with Crippen LogP contribution in [0.2, 0.25) is 0 Å². The molecule has 0 bridgehead atoms. The molecule has 0 atom stereocenters. The monoisotopic (exact) mass is 283 g/mol. The first-order chi connectivity index (χ1) is 8.30. The number of hydrogen-bond acceptors (Lipinski definition) is 4. The van der Waals surface area contributed by atoms with Crippen LogP contribution < -0.4 is 10.5 Å². The quantitative estimate of drug-likeness (QED) is 0.835. The molecule has 0 saturated heterocycles. The van der Waals surface area contributed by atoms with Gasteiger partial charge in [0.25, 0.3) is 9.84 Å². The molecule has 0 aliphatic heterocycles. The molecule has 8 heteroatoms. The van der Waals surface area contributed by atoms with Crippen LogP contribution in [0.4, 0.5) is 13.2 Å². The van der Waals surface area contributed by atoms with Crippen molar-refractivity contribution in [1.29, 1.82) is 0 Å². The van der Waals surface area contributed by atoms with Crippen LogP contribution in [0.15, 0.2) is 29.2 Å². The van der Waals surface area contributed by atoms with Crippen LogP contribution in [-0.2, 0) is 9.84 Å². The summed E-state index contributed by atoms with van der Waals surface area (Å²) in [6.45, 7) is 0.356. The van der Waals surface area contributed by atoms with Crippen LogP contribution in [0.1, 0.15) is 6.42 Å². The molecule has 1 aromatic rings. The number of alkyl halides is 3. The lowest BCUT2D eigenvalue weighted by Crippen LogP contribution is -2.24. The van der Waals surface area contributed by atoms with Crippen molar-refractivity contribution < 1.29 is 26.3 Å². The minimum Gasteiger partial charge on any atom is -0.492 e. The lowest BCUT2D eigenvalue weighted by Gasteiger charge is -2.13. The molecule has 102 valence electrons. The molecule has 1 rings (SSSR count). The molecule has 0 amide bonds. The van der Waals surface area contributed by atoms with Crippen molar-refractivity contribution in [3.05, 3.63) is 24.3 Å². The number of halogens is 3. The van der Waals surface area contributed by atoms with Crippen LogP contribution >= 0.6 is 0 Å². The minimum absolute atomic E-state index is 0.0564. The Bertz CT molecular complexity index is 499. The average molecular weight is 283 g/mol. The van der Waals surface area contributed by atoms with Gasteiger partial charge in [-0.3, -0.25) is 0 Å². The molecule has 0 radical (unpaired) electrons. The van der Waals surface area contributed by atoms with E-state index in [1.165, 1.54) is 18.2 Å². The number of sulfone groups is 1. The van der Waals surface area contributed by atoms with Crippen LogP contribution in [0.5, 0.6) is 5.75 Å². The van der Waals surface area contributed by atoms with E-state index in [9.17, 15) is 21.6 Å². The third kappa shape index (κ3) is 3.14. The van der Waals surface area contributed by atoms with Crippen molar-refractivity contribution in [2.45, 2.75) is 16.8 Å². The molecule has 0 fully saturated rings. The Kier molecular flexibility index (Phi) is 4.58. The number of rotatable bonds is 5. The van der Waals surface area contributed by atoms with Crippen LogP contribution in [-0.4, -0.2) is 27.1 Å². The zero-order valence-electron chi connectivity index (χ0n) is 9.27. The van der Waals surface area contributed by atoms with Crippen molar-refractivity contribution in [1.82, 2.24) is 0 Å². The van der Waals surface area contributed by atoms with Crippen molar-refractivity contribution >= 4 is 9.84 Å². The van der Waals surface area contributed by atoms with E-state index in [1.54, 1.807) is 0 Å². The molecule has 0 aliphatic carbocycles. The summed E-state index contributed by atoms with van der Waals surface area (Å²) in [7, 11) is -5.40. The Morgan fingerprint density at radius 2 is 1.83 bits per heavy atom. The molecule has 0 heterocycles. The Morgan fingerprint density at radius 3 is 2.39 bits per heavy atom. The molecular weight excluding hydrogens is 271 g/mol. The summed E-state index contributed by atoms with van der Waals surface area (Å²) in [4.78, 5) is -0.880. The highest BCUT2D eigenvalue weighted by Gasteiger charge is 2.48. The molecule has 0 aromatic heterocycles. The number of hydrogen-bond donors (Lipinski definition) is 1. The summed E-state index contributed by atoms with van der Waals surface area (Å²) in [5.41, 5.74) is -0.139. The minimum atomic E-state index is -5.40. The molecule has 0 unspecified atom stereocenters. The number of nitrogens with two attached hydrogens (primary N) is 1. The first-order valence-electron chi connectivity index (χ1n) is 5.04. The molecule has 0 aliphatic rings. The summed E-state index contributed by atoms with van der Waals surface area (Å²) >= 11 is 0. The smallest absolute Gasteiger partial charge is 0.492 e. The Labute approximate surface area is 102 Å². The van der Waals surface area contributed by atoms with Gasteiger partial charge >= 0.3 is 5.51 Å². The van der Waals surface area contributed by atoms with E-state index >= 15 is 0 Å². The highest BCUT2D eigenvalue weighted by atomic mass is 32.2. The summed E-state index contributed by atoms with van der Waals surface area (Å²) in [5, 5.41) is 0. The average Bonchev–Trinajstić information content (AvgIpc) is 2.28. The standard InChI is InChI=1S/C10H12F3NO3S/c11-10(12,13)18(15,16)9-5-2-1-4-8(9)17-7-3-6-14/h1-2,4-5H,3,6-7,14H2. The van der Waals surface area contributed by atoms with Gasteiger partial charge in [0.1, 0.15) is 10.6 Å². The normalized spacial score (nSPS) is 12.4. The lowest BCUT2D eigenvalue weighted by molar-refractivity contribution is -0.0437. The number of para-hydroxylation sites is 1. The van der Waals surface area contributed by atoms with Crippen molar-refractivity contribution in [2.24, 2.45) is 5.73 Å². The maximum atomic E-state index is 12.4. The highest BCUT2D eigenvalue weighted by Crippen LogP contribution is 2.35. The highest BCUT2D eigenvalue weighted by molar-refractivity contribution is 7.92. The van der Waals surface area contributed by atoms with Gasteiger partial charge in [-0.15, -0.1) is 0 Å². The summed E-state index contributed by atoms with van der Waals surface area (Å²) in [6, 6.07) is 4.64.